The van der Waals surface area contributed by atoms with Crippen molar-refractivity contribution in [3.05, 3.63) is 0 Å². The molecule has 6 heteroatoms. The molecule has 0 radical (unpaired) electrons. The van der Waals surface area contributed by atoms with Gasteiger partial charge in [0.05, 0.1) is 0 Å². The highest BCUT2D eigenvalue weighted by Crippen LogP contribution is 2.51. The fraction of sp³-hybridized carbons (Fsp3) is 1.00. The fourth-order valence-electron chi connectivity index (χ4n) is 0.473. The summed E-state index contributed by atoms with van der Waals surface area (Å²) in [5.41, 5.74) is 0. The predicted octanol–water partition coefficient (Wildman–Crippen LogP) is 3.89. The number of halogens is 4. The first-order valence-electron chi connectivity index (χ1n) is 2.11. The van der Waals surface area contributed by atoms with E-state index in [-0.39, 0.29) is 3.10 Å². The van der Waals surface area contributed by atoms with Gasteiger partial charge in [0, 0.05) is 6.42 Å². The van der Waals surface area contributed by atoms with E-state index in [0.29, 0.717) is 0 Å². The Morgan fingerprint density at radius 1 is 0.889 bits per heavy atom. The van der Waals surface area contributed by atoms with Crippen molar-refractivity contribution < 1.29 is 0 Å². The van der Waals surface area contributed by atoms with Gasteiger partial charge < -0.3 is 0 Å². The van der Waals surface area contributed by atoms with Crippen molar-refractivity contribution in [1.82, 2.24) is 0 Å². The second kappa shape index (κ2) is 3.11. The molecule has 1 aliphatic heterocycles. The van der Waals surface area contributed by atoms with Gasteiger partial charge in [0.25, 0.3) is 0 Å². The maximum absolute atomic E-state index is 4.10. The van der Waals surface area contributed by atoms with Crippen molar-refractivity contribution in [2.45, 2.75) is 9.53 Å². The van der Waals surface area contributed by atoms with E-state index in [2.05, 4.69) is 101 Å². The van der Waals surface area contributed by atoms with Crippen LogP contribution in [0.2, 0.25) is 0 Å². The Hall–Kier alpha value is 2.52. The molecule has 0 aromatic carbocycles. The molecule has 0 saturated heterocycles. The van der Waals surface area contributed by atoms with Crippen LogP contribution in [0.1, 0.15) is 6.42 Å². The largest absolute Gasteiger partial charge is 0.186 e. The molecule has 0 aliphatic carbocycles. The van der Waals surface area contributed by atoms with Gasteiger partial charge >= 0.3 is 0 Å². The van der Waals surface area contributed by atoms with Gasteiger partial charge in [-0.2, -0.15) is 10.2 Å². The Bertz CT molecular complexity index is 136. The summed E-state index contributed by atoms with van der Waals surface area (Å²) in [6, 6.07) is 0. The average Bonchev–Trinajstić information content (AvgIpc) is 1.78. The van der Waals surface area contributed by atoms with Gasteiger partial charge in [0.2, 0.25) is 0 Å². The average molecular weight is 574 g/mol. The summed E-state index contributed by atoms with van der Waals surface area (Å²) in [5, 5.41) is 8.21. The third kappa shape index (κ3) is 3.17. The highest BCUT2D eigenvalue weighted by Gasteiger charge is 2.40. The van der Waals surface area contributed by atoms with Gasteiger partial charge in [-0.25, -0.2) is 0 Å². The first-order valence-corrected chi connectivity index (χ1v) is 6.43. The topological polar surface area (TPSA) is 24.7 Å². The van der Waals surface area contributed by atoms with E-state index >= 15 is 0 Å². The molecule has 0 spiro atoms. The maximum Gasteiger partial charge on any atom is 0.186 e. The van der Waals surface area contributed by atoms with E-state index in [0.717, 1.165) is 6.42 Å². The number of hydrogen-bond acceptors (Lipinski definition) is 2. The van der Waals surface area contributed by atoms with Crippen LogP contribution in [0.5, 0.6) is 0 Å². The lowest BCUT2D eigenvalue weighted by Crippen LogP contribution is -2.10. The zero-order valence-corrected chi connectivity index (χ0v) is 12.7. The summed E-state index contributed by atoms with van der Waals surface area (Å²) in [5.74, 6) is 0. The number of alkyl halides is 4. The Balaban J connectivity index is 2.71. The molecule has 0 unspecified atom stereocenters. The highest BCUT2D eigenvalue weighted by atomic mass is 127. The Morgan fingerprint density at radius 3 is 1.33 bits per heavy atom. The van der Waals surface area contributed by atoms with Gasteiger partial charge in [-0.3, -0.25) is 0 Å². The molecular formula is C3H2I4N2. The molecule has 0 N–H and O–H groups in total. The molecule has 0 bridgehead atoms. The number of azo groups is 1. The van der Waals surface area contributed by atoms with E-state index in [9.17, 15) is 0 Å². The van der Waals surface area contributed by atoms with Crippen molar-refractivity contribution in [3.63, 3.8) is 0 Å². The molecule has 1 rings (SSSR count). The zero-order valence-electron chi connectivity index (χ0n) is 4.11. The molecule has 1 heterocycles. The lowest BCUT2D eigenvalue weighted by molar-refractivity contribution is 0.892. The van der Waals surface area contributed by atoms with E-state index in [4.69, 9.17) is 0 Å². The van der Waals surface area contributed by atoms with Crippen molar-refractivity contribution >= 4 is 90.4 Å². The fourth-order valence-corrected chi connectivity index (χ4v) is 6.03. The lowest BCUT2D eigenvalue weighted by atomic mass is 10.5. The van der Waals surface area contributed by atoms with Gasteiger partial charge in [0.1, 0.15) is 0 Å². The van der Waals surface area contributed by atoms with Crippen molar-refractivity contribution in [3.8, 4) is 0 Å². The molecule has 9 heavy (non-hydrogen) atoms. The molecule has 2 nitrogen and oxygen atoms in total. The third-order valence-electron chi connectivity index (χ3n) is 0.768. The lowest BCUT2D eigenvalue weighted by Gasteiger charge is -2.10. The normalized spacial score (nSPS) is 28.9. The van der Waals surface area contributed by atoms with Gasteiger partial charge in [-0.05, 0) is 90.4 Å². The van der Waals surface area contributed by atoms with Crippen molar-refractivity contribution in [2.24, 2.45) is 10.2 Å². The van der Waals surface area contributed by atoms with E-state index in [1.165, 1.54) is 0 Å². The van der Waals surface area contributed by atoms with Crippen LogP contribution in [0, 0.1) is 0 Å². The molecule has 0 aromatic rings. The molecular weight excluding hydrogens is 572 g/mol. The summed E-state index contributed by atoms with van der Waals surface area (Å²) in [6.07, 6.45) is 1.02. The van der Waals surface area contributed by atoms with E-state index < -0.39 is 0 Å². The van der Waals surface area contributed by atoms with Gasteiger partial charge in [-0.1, -0.05) is 0 Å². The van der Waals surface area contributed by atoms with Gasteiger partial charge in [-0.15, -0.1) is 0 Å². The van der Waals surface area contributed by atoms with Crippen LogP contribution in [0.4, 0.5) is 0 Å². The quantitative estimate of drug-likeness (QED) is 0.239. The van der Waals surface area contributed by atoms with Crippen LogP contribution in [0.3, 0.4) is 0 Å². The zero-order chi connectivity index (χ0) is 7.12. The first kappa shape index (κ1) is 9.61. The van der Waals surface area contributed by atoms with Gasteiger partial charge in [0.15, 0.2) is 3.10 Å². The van der Waals surface area contributed by atoms with Crippen LogP contribution < -0.4 is 0 Å². The van der Waals surface area contributed by atoms with Crippen LogP contribution in [0.25, 0.3) is 0 Å². The van der Waals surface area contributed by atoms with Crippen LogP contribution in [-0.4, -0.2) is 3.10 Å². The highest BCUT2D eigenvalue weighted by molar-refractivity contribution is 14.2. The summed E-state index contributed by atoms with van der Waals surface area (Å²) < 4.78 is 0.0236. The number of hydrogen-bond donors (Lipinski definition) is 0. The summed E-state index contributed by atoms with van der Waals surface area (Å²) >= 11 is 9.23. The van der Waals surface area contributed by atoms with E-state index in [1.54, 1.807) is 0 Å². The van der Waals surface area contributed by atoms with Crippen LogP contribution in [-0.2, 0) is 0 Å². The molecule has 0 saturated carbocycles. The predicted molar refractivity (Wildman–Crippen MR) is 71.0 cm³/mol. The Morgan fingerprint density at radius 2 is 1.22 bits per heavy atom. The second-order valence-corrected chi connectivity index (χ2v) is 13.0. The molecule has 0 atom stereocenters. The SMILES string of the molecule is IC1(I)CC(I)(I)N=N1. The minimum Gasteiger partial charge on any atom is -0.163 e. The maximum atomic E-state index is 4.10. The third-order valence-corrected chi connectivity index (χ3v) is 3.16. The van der Waals surface area contributed by atoms with E-state index in [1.807, 2.05) is 0 Å². The molecule has 0 aromatic heterocycles. The monoisotopic (exact) mass is 574 g/mol. The molecule has 52 valence electrons. The molecule has 1 aliphatic rings. The smallest absolute Gasteiger partial charge is 0.163 e. The molecule has 0 amide bonds. The van der Waals surface area contributed by atoms with Crippen molar-refractivity contribution in [1.29, 1.82) is 0 Å². The summed E-state index contributed by atoms with van der Waals surface area (Å²) in [4.78, 5) is 0. The minimum absolute atomic E-state index is 0.0118. The standard InChI is InChI=1S/C3H2I4N2/c4-2(5)1-3(6,7)9-8-2/h1H2. The van der Waals surface area contributed by atoms with Crippen LogP contribution >= 0.6 is 90.4 Å². The minimum atomic E-state index is 0.0118. The van der Waals surface area contributed by atoms with Crippen molar-refractivity contribution in [2.75, 3.05) is 0 Å². The summed E-state index contributed by atoms with van der Waals surface area (Å²) in [6.45, 7) is 0. The first-order chi connectivity index (χ1) is 3.91. The Labute approximate surface area is 108 Å². The number of rotatable bonds is 0. The number of nitrogens with zero attached hydrogens (tertiary/aromatic N) is 2. The molecule has 0 fully saturated rings. The van der Waals surface area contributed by atoms with Crippen LogP contribution in [0.15, 0.2) is 10.2 Å². The second-order valence-electron chi connectivity index (χ2n) is 1.71. The summed E-state index contributed by atoms with van der Waals surface area (Å²) in [7, 11) is 0. The Kier molecular flexibility index (Phi) is 3.32.